The third-order valence-corrected chi connectivity index (χ3v) is 5.72. The number of carbonyl (C=O) groups excluding carboxylic acids is 4. The smallest absolute Gasteiger partial charge is 0.252 e. The van der Waals surface area contributed by atoms with Gasteiger partial charge in [0.25, 0.3) is 11.8 Å². The molecule has 5 N–H and O–H groups in total. The second-order valence-electron chi connectivity index (χ2n) is 10.4. The van der Waals surface area contributed by atoms with E-state index in [1.165, 1.54) is 12.4 Å². The highest BCUT2D eigenvalue weighted by Crippen LogP contribution is 2.13. The second kappa shape index (κ2) is 15.4. The Kier molecular flexibility index (Phi) is 13.1. The van der Waals surface area contributed by atoms with Crippen LogP contribution in [0.4, 0.5) is 0 Å². The lowest BCUT2D eigenvalue weighted by atomic mass is 9.96. The van der Waals surface area contributed by atoms with Gasteiger partial charge in [0.15, 0.2) is 0 Å². The first kappa shape index (κ1) is 32.2. The number of hydrogen-bond acceptors (Lipinski definition) is 6. The van der Waals surface area contributed by atoms with Gasteiger partial charge in [0.1, 0.15) is 12.1 Å². The molecule has 2 rings (SSSR count). The number of amides is 4. The van der Waals surface area contributed by atoms with Gasteiger partial charge < -0.3 is 21.7 Å². The number of rotatable bonds is 11. The summed E-state index contributed by atoms with van der Waals surface area (Å²) in [6.45, 7) is 13.6. The van der Waals surface area contributed by atoms with E-state index in [1.807, 2.05) is 41.5 Å². The zero-order chi connectivity index (χ0) is 28.9. The Morgan fingerprint density at radius 2 is 1.18 bits per heavy atom. The van der Waals surface area contributed by atoms with E-state index in [0.717, 1.165) is 12.8 Å². The van der Waals surface area contributed by atoms with Gasteiger partial charge in [-0.2, -0.15) is 0 Å². The van der Waals surface area contributed by atoms with E-state index >= 15 is 0 Å². The van der Waals surface area contributed by atoms with E-state index in [1.54, 1.807) is 36.7 Å². The zero-order valence-corrected chi connectivity index (χ0v) is 23.4. The van der Waals surface area contributed by atoms with Crippen LogP contribution in [0.5, 0.6) is 0 Å². The molecule has 208 valence electrons. The van der Waals surface area contributed by atoms with E-state index in [4.69, 9.17) is 5.73 Å². The number of nitrogens with two attached hydrogens (primary N) is 1. The molecule has 2 atom stereocenters. The largest absolute Gasteiger partial charge is 0.368 e. The maximum Gasteiger partial charge on any atom is 0.252 e. The van der Waals surface area contributed by atoms with Crippen LogP contribution in [0, 0.1) is 11.8 Å². The number of hydrogen-bond donors (Lipinski definition) is 4. The molecule has 0 spiro atoms. The van der Waals surface area contributed by atoms with Crippen molar-refractivity contribution in [2.24, 2.45) is 17.6 Å². The van der Waals surface area contributed by atoms with Gasteiger partial charge in [-0.3, -0.25) is 29.1 Å². The molecule has 0 saturated heterocycles. The number of nitrogens with zero attached hydrogens (tertiary/aromatic N) is 2. The average Bonchev–Trinajstić information content (AvgIpc) is 2.85. The molecular formula is C28H42N6O4. The van der Waals surface area contributed by atoms with Crippen LogP contribution in [-0.4, -0.2) is 51.2 Å². The Hall–Kier alpha value is -3.82. The molecule has 2 heterocycles. The predicted octanol–water partition coefficient (Wildman–Crippen LogP) is 2.85. The molecule has 0 bridgehead atoms. The molecule has 0 aliphatic carbocycles. The van der Waals surface area contributed by atoms with Gasteiger partial charge in [0.05, 0.1) is 0 Å². The fourth-order valence-electron chi connectivity index (χ4n) is 3.66. The highest BCUT2D eigenvalue weighted by molar-refractivity contribution is 5.98. The van der Waals surface area contributed by atoms with Crippen LogP contribution in [-0.2, 0) is 9.59 Å². The summed E-state index contributed by atoms with van der Waals surface area (Å²) < 4.78 is 0. The molecule has 2 aromatic rings. The number of pyridine rings is 2. The Bertz CT molecular complexity index is 1040. The van der Waals surface area contributed by atoms with E-state index < -0.39 is 18.0 Å². The van der Waals surface area contributed by atoms with E-state index in [-0.39, 0.29) is 35.1 Å². The Balaban J connectivity index is 0.000000399. The van der Waals surface area contributed by atoms with Crippen molar-refractivity contribution < 1.29 is 19.2 Å². The summed E-state index contributed by atoms with van der Waals surface area (Å²) in [6.07, 6.45) is 8.03. The molecule has 4 amide bonds. The van der Waals surface area contributed by atoms with E-state index in [9.17, 15) is 19.2 Å². The monoisotopic (exact) mass is 526 g/mol. The van der Waals surface area contributed by atoms with E-state index in [2.05, 4.69) is 32.8 Å². The first-order chi connectivity index (χ1) is 17.8. The van der Waals surface area contributed by atoms with Crippen molar-refractivity contribution in [1.29, 1.82) is 0 Å². The van der Waals surface area contributed by atoms with Crippen LogP contribution in [0.25, 0.3) is 0 Å². The lowest BCUT2D eigenvalue weighted by Crippen LogP contribution is -2.55. The molecule has 38 heavy (non-hydrogen) atoms. The van der Waals surface area contributed by atoms with Crippen molar-refractivity contribution >= 4 is 23.6 Å². The Morgan fingerprint density at radius 1 is 0.789 bits per heavy atom. The number of nitrogens with one attached hydrogen (secondary N) is 3. The summed E-state index contributed by atoms with van der Waals surface area (Å²) in [5, 5.41) is 8.44. The maximum atomic E-state index is 12.5. The lowest BCUT2D eigenvalue weighted by Gasteiger charge is -2.30. The summed E-state index contributed by atoms with van der Waals surface area (Å²) >= 11 is 0. The summed E-state index contributed by atoms with van der Waals surface area (Å²) in [4.78, 5) is 55.3. The molecule has 0 fully saturated rings. The van der Waals surface area contributed by atoms with Crippen LogP contribution in [0.2, 0.25) is 0 Å². The number of carbonyl (C=O) groups is 4. The van der Waals surface area contributed by atoms with Crippen LogP contribution in [0.1, 0.15) is 82.0 Å². The molecular weight excluding hydrogens is 484 g/mol. The SMILES string of the molecule is CC(C)C(NC(=O)c1ccncc1)C(N)=O.CCCC(C)(C)NC(=O)C(NC(=O)c1ccncc1)C(C)C. The van der Waals surface area contributed by atoms with Gasteiger partial charge in [0.2, 0.25) is 11.8 Å². The predicted molar refractivity (Wildman–Crippen MR) is 147 cm³/mol. The fourth-order valence-corrected chi connectivity index (χ4v) is 3.66. The summed E-state index contributed by atoms with van der Waals surface area (Å²) in [5.74, 6) is -1.29. The van der Waals surface area contributed by atoms with Gasteiger partial charge in [-0.05, 0) is 56.4 Å². The Labute approximate surface area is 225 Å². The van der Waals surface area contributed by atoms with Crippen molar-refractivity contribution in [3.63, 3.8) is 0 Å². The van der Waals surface area contributed by atoms with Crippen LogP contribution in [0.15, 0.2) is 49.1 Å². The van der Waals surface area contributed by atoms with Gasteiger partial charge in [-0.25, -0.2) is 0 Å². The summed E-state index contributed by atoms with van der Waals surface area (Å²) in [6, 6.07) is 5.20. The van der Waals surface area contributed by atoms with Crippen molar-refractivity contribution in [1.82, 2.24) is 25.9 Å². The fraction of sp³-hybridized carbons (Fsp3) is 0.500. The minimum absolute atomic E-state index is 0.00298. The van der Waals surface area contributed by atoms with Gasteiger partial charge >= 0.3 is 0 Å². The molecule has 0 radical (unpaired) electrons. The van der Waals surface area contributed by atoms with E-state index in [0.29, 0.717) is 11.1 Å². The molecule has 2 unspecified atom stereocenters. The molecule has 0 saturated carbocycles. The third-order valence-electron chi connectivity index (χ3n) is 5.72. The normalized spacial score (nSPS) is 12.6. The topological polar surface area (TPSA) is 156 Å². The first-order valence-corrected chi connectivity index (χ1v) is 12.8. The lowest BCUT2D eigenvalue weighted by molar-refractivity contribution is -0.125. The number of primary amides is 1. The highest BCUT2D eigenvalue weighted by atomic mass is 16.2. The van der Waals surface area contributed by atoms with Gasteiger partial charge in [-0.15, -0.1) is 0 Å². The minimum Gasteiger partial charge on any atom is -0.368 e. The standard InChI is InChI=1S/C17H27N3O2.C11H15N3O2/c1-6-9-17(4,5)20-16(22)14(12(2)3)19-15(21)13-7-10-18-11-8-13;1-7(2)9(10(12)15)14-11(16)8-3-5-13-6-4-8/h7-8,10-12,14H,6,9H2,1-5H3,(H,19,21)(H,20,22);3-7,9H,1-2H3,(H2,12,15)(H,14,16). The first-order valence-electron chi connectivity index (χ1n) is 12.8. The molecule has 10 nitrogen and oxygen atoms in total. The third kappa shape index (κ3) is 11.1. The maximum absolute atomic E-state index is 12.5. The minimum atomic E-state index is -0.652. The van der Waals surface area contributed by atoms with Crippen LogP contribution >= 0.6 is 0 Å². The molecule has 0 aromatic carbocycles. The van der Waals surface area contributed by atoms with Crippen LogP contribution in [0.3, 0.4) is 0 Å². The second-order valence-corrected chi connectivity index (χ2v) is 10.4. The van der Waals surface area contributed by atoms with Crippen LogP contribution < -0.4 is 21.7 Å². The molecule has 0 aliphatic rings. The molecule has 0 aliphatic heterocycles. The molecule has 10 heteroatoms. The highest BCUT2D eigenvalue weighted by Gasteiger charge is 2.29. The van der Waals surface area contributed by atoms with Crippen molar-refractivity contribution in [2.45, 2.75) is 78.9 Å². The molecule has 2 aromatic heterocycles. The van der Waals surface area contributed by atoms with Crippen molar-refractivity contribution in [3.8, 4) is 0 Å². The summed E-state index contributed by atoms with van der Waals surface area (Å²) in [7, 11) is 0. The Morgan fingerprint density at radius 3 is 1.53 bits per heavy atom. The quantitative estimate of drug-likeness (QED) is 0.353. The van der Waals surface area contributed by atoms with Crippen molar-refractivity contribution in [2.75, 3.05) is 0 Å². The van der Waals surface area contributed by atoms with Gasteiger partial charge in [-0.1, -0.05) is 41.0 Å². The van der Waals surface area contributed by atoms with Crippen molar-refractivity contribution in [3.05, 3.63) is 60.2 Å². The van der Waals surface area contributed by atoms with Gasteiger partial charge in [0, 0.05) is 41.5 Å². The average molecular weight is 527 g/mol. The number of aromatic nitrogens is 2. The zero-order valence-electron chi connectivity index (χ0n) is 23.4. The summed E-state index contributed by atoms with van der Waals surface area (Å²) in [5.41, 5.74) is 5.88.